The van der Waals surface area contributed by atoms with E-state index in [4.69, 9.17) is 18.9 Å². The zero-order chi connectivity index (χ0) is 17.5. The van der Waals surface area contributed by atoms with E-state index < -0.39 is 11.6 Å². The summed E-state index contributed by atoms with van der Waals surface area (Å²) in [4.78, 5) is 0. The smallest absolute Gasteiger partial charge is 0.166 e. The minimum absolute atomic E-state index is 0.00126. The maximum atomic E-state index is 6.22. The van der Waals surface area contributed by atoms with Gasteiger partial charge in [-0.2, -0.15) is 0 Å². The van der Waals surface area contributed by atoms with Crippen LogP contribution < -0.4 is 0 Å². The first-order valence-corrected chi connectivity index (χ1v) is 10.1. The molecule has 0 aliphatic carbocycles. The predicted molar refractivity (Wildman–Crippen MR) is 96.0 cm³/mol. The lowest BCUT2D eigenvalue weighted by Crippen LogP contribution is -2.35. The summed E-state index contributed by atoms with van der Waals surface area (Å²) in [7, 11) is 0. The van der Waals surface area contributed by atoms with E-state index >= 15 is 0 Å². The molecule has 4 atom stereocenters. The van der Waals surface area contributed by atoms with Gasteiger partial charge in [0.25, 0.3) is 0 Å². The van der Waals surface area contributed by atoms with Crippen LogP contribution in [0.2, 0.25) is 0 Å². The van der Waals surface area contributed by atoms with E-state index in [1.807, 2.05) is 0 Å². The molecule has 2 aliphatic heterocycles. The normalized spacial score (nSPS) is 36.5. The number of ether oxygens (including phenoxy) is 4. The quantitative estimate of drug-likeness (QED) is 0.484. The zero-order valence-corrected chi connectivity index (χ0v) is 16.3. The molecule has 0 saturated carbocycles. The van der Waals surface area contributed by atoms with E-state index in [0.717, 1.165) is 25.7 Å². The van der Waals surface area contributed by atoms with Crippen LogP contribution in [0.25, 0.3) is 0 Å². The first-order chi connectivity index (χ1) is 11.5. The van der Waals surface area contributed by atoms with Gasteiger partial charge in [0.05, 0.1) is 13.2 Å². The Kier molecular flexibility index (Phi) is 7.99. The molecule has 2 heterocycles. The van der Waals surface area contributed by atoms with Crippen LogP contribution in [-0.4, -0.2) is 37.0 Å². The average Bonchev–Trinajstić information content (AvgIpc) is 3.13. The monoisotopic (exact) mass is 342 g/mol. The molecule has 0 aromatic rings. The lowest BCUT2D eigenvalue weighted by Gasteiger charge is -2.26. The minimum Gasteiger partial charge on any atom is -0.347 e. The summed E-state index contributed by atoms with van der Waals surface area (Å²) < 4.78 is 24.4. The van der Waals surface area contributed by atoms with Gasteiger partial charge >= 0.3 is 0 Å². The largest absolute Gasteiger partial charge is 0.347 e. The van der Waals surface area contributed by atoms with Crippen molar-refractivity contribution in [1.82, 2.24) is 0 Å². The summed E-state index contributed by atoms with van der Waals surface area (Å²) >= 11 is 0. The van der Waals surface area contributed by atoms with Crippen LogP contribution in [0.1, 0.15) is 91.9 Å². The molecule has 0 spiro atoms. The van der Waals surface area contributed by atoms with Gasteiger partial charge in [0.15, 0.2) is 11.6 Å². The Balaban J connectivity index is 1.71. The van der Waals surface area contributed by atoms with Crippen molar-refractivity contribution < 1.29 is 18.9 Å². The second kappa shape index (κ2) is 9.51. The second-order valence-corrected chi connectivity index (χ2v) is 7.82. The van der Waals surface area contributed by atoms with Gasteiger partial charge in [-0.25, -0.2) is 0 Å². The summed E-state index contributed by atoms with van der Waals surface area (Å²) in [5.41, 5.74) is 0. The molecule has 4 nitrogen and oxygen atoms in total. The molecule has 0 aromatic heterocycles. The van der Waals surface area contributed by atoms with Gasteiger partial charge in [0.1, 0.15) is 12.2 Å². The Hall–Kier alpha value is -0.160. The Bertz CT molecular complexity index is 328. The number of hydrogen-bond acceptors (Lipinski definition) is 4. The van der Waals surface area contributed by atoms with Gasteiger partial charge in [-0.1, -0.05) is 52.4 Å². The fraction of sp³-hybridized carbons (Fsp3) is 1.00. The summed E-state index contributed by atoms with van der Waals surface area (Å²) in [5, 5.41) is 0. The highest BCUT2D eigenvalue weighted by atomic mass is 16.8. The van der Waals surface area contributed by atoms with Crippen LogP contribution in [0.4, 0.5) is 0 Å². The maximum absolute atomic E-state index is 6.22. The van der Waals surface area contributed by atoms with Crippen molar-refractivity contribution in [2.75, 3.05) is 13.2 Å². The number of unbranched alkanes of at least 4 members (excludes halogenated alkanes) is 6. The van der Waals surface area contributed by atoms with Gasteiger partial charge in [0, 0.05) is 12.8 Å². The third-order valence-corrected chi connectivity index (χ3v) is 5.29. The number of hydrogen-bond donors (Lipinski definition) is 0. The molecule has 4 heteroatoms. The molecule has 2 rings (SSSR count). The maximum Gasteiger partial charge on any atom is 0.166 e. The third kappa shape index (κ3) is 5.98. The molecule has 4 unspecified atom stereocenters. The summed E-state index contributed by atoms with van der Waals surface area (Å²) in [6, 6.07) is 0. The van der Waals surface area contributed by atoms with Gasteiger partial charge in [-0.15, -0.1) is 0 Å². The van der Waals surface area contributed by atoms with Crippen molar-refractivity contribution in [2.24, 2.45) is 0 Å². The molecule has 0 radical (unpaired) electrons. The Morgan fingerprint density at radius 1 is 0.667 bits per heavy atom. The van der Waals surface area contributed by atoms with Crippen molar-refractivity contribution in [3.05, 3.63) is 0 Å². The van der Waals surface area contributed by atoms with Crippen molar-refractivity contribution in [3.8, 4) is 0 Å². The highest BCUT2D eigenvalue weighted by Crippen LogP contribution is 2.36. The predicted octanol–water partition coefficient (Wildman–Crippen LogP) is 5.19. The van der Waals surface area contributed by atoms with Crippen LogP contribution in [0.15, 0.2) is 0 Å². The number of rotatable bonds is 11. The van der Waals surface area contributed by atoms with Gasteiger partial charge in [-0.05, 0) is 26.7 Å². The summed E-state index contributed by atoms with van der Waals surface area (Å²) in [5.74, 6) is -0.885. The molecule has 2 saturated heterocycles. The summed E-state index contributed by atoms with van der Waals surface area (Å²) in [6.07, 6.45) is 11.8. The molecule has 0 amide bonds. The zero-order valence-electron chi connectivity index (χ0n) is 16.3. The lowest BCUT2D eigenvalue weighted by molar-refractivity contribution is -0.192. The van der Waals surface area contributed by atoms with Crippen molar-refractivity contribution >= 4 is 0 Å². The van der Waals surface area contributed by atoms with E-state index in [1.165, 1.54) is 38.5 Å². The second-order valence-electron chi connectivity index (χ2n) is 7.82. The first kappa shape index (κ1) is 20.2. The van der Waals surface area contributed by atoms with Crippen LogP contribution in [0.3, 0.4) is 0 Å². The molecular weight excluding hydrogens is 304 g/mol. The van der Waals surface area contributed by atoms with Crippen LogP contribution in [-0.2, 0) is 18.9 Å². The standard InChI is InChI=1S/C20H38O4/c1-5-7-9-11-13-19(3)21-15-17(23-19)18-16-22-20(4,24-18)14-12-10-8-6-2/h17-18H,5-16H2,1-4H3. The Labute approximate surface area is 148 Å². The lowest BCUT2D eigenvalue weighted by atomic mass is 10.1. The van der Waals surface area contributed by atoms with E-state index in [-0.39, 0.29) is 12.2 Å². The molecule has 0 bridgehead atoms. The fourth-order valence-corrected chi connectivity index (χ4v) is 3.67. The topological polar surface area (TPSA) is 36.9 Å². The Morgan fingerprint density at radius 3 is 1.46 bits per heavy atom. The van der Waals surface area contributed by atoms with Crippen LogP contribution >= 0.6 is 0 Å². The highest BCUT2D eigenvalue weighted by molar-refractivity contribution is 4.86. The molecule has 142 valence electrons. The van der Waals surface area contributed by atoms with Crippen LogP contribution in [0, 0.1) is 0 Å². The minimum atomic E-state index is -0.443. The molecule has 0 aromatic carbocycles. The van der Waals surface area contributed by atoms with Crippen molar-refractivity contribution in [3.63, 3.8) is 0 Å². The van der Waals surface area contributed by atoms with E-state index in [2.05, 4.69) is 27.7 Å². The average molecular weight is 343 g/mol. The van der Waals surface area contributed by atoms with Crippen LogP contribution in [0.5, 0.6) is 0 Å². The molecule has 2 aliphatic rings. The Morgan fingerprint density at radius 2 is 1.08 bits per heavy atom. The van der Waals surface area contributed by atoms with Gasteiger partial charge < -0.3 is 18.9 Å². The SMILES string of the molecule is CCCCCCC1(C)OCC(C2COC(C)(CCCCCC)O2)O1. The van der Waals surface area contributed by atoms with E-state index in [9.17, 15) is 0 Å². The van der Waals surface area contributed by atoms with Gasteiger partial charge in [-0.3, -0.25) is 0 Å². The third-order valence-electron chi connectivity index (χ3n) is 5.29. The molecule has 2 fully saturated rings. The van der Waals surface area contributed by atoms with E-state index in [1.54, 1.807) is 0 Å². The molecule has 0 N–H and O–H groups in total. The first-order valence-electron chi connectivity index (χ1n) is 10.1. The van der Waals surface area contributed by atoms with E-state index in [0.29, 0.717) is 13.2 Å². The highest BCUT2D eigenvalue weighted by Gasteiger charge is 2.46. The molecule has 24 heavy (non-hydrogen) atoms. The fourth-order valence-electron chi connectivity index (χ4n) is 3.67. The molecular formula is C20H38O4. The summed E-state index contributed by atoms with van der Waals surface area (Å²) in [6.45, 7) is 9.83. The van der Waals surface area contributed by atoms with Gasteiger partial charge in [0.2, 0.25) is 0 Å². The van der Waals surface area contributed by atoms with Crippen molar-refractivity contribution in [2.45, 2.75) is 116 Å². The van der Waals surface area contributed by atoms with Crippen molar-refractivity contribution in [1.29, 1.82) is 0 Å².